The van der Waals surface area contributed by atoms with Gasteiger partial charge in [0.05, 0.1) is 7.11 Å². The van der Waals surface area contributed by atoms with Gasteiger partial charge in [-0.3, -0.25) is 4.79 Å². The Hall–Kier alpha value is -3.32. The number of carbonyl (C=O) groups excluding carboxylic acids is 1. The van der Waals surface area contributed by atoms with E-state index in [9.17, 15) is 4.79 Å². The molecule has 0 radical (unpaired) electrons. The van der Waals surface area contributed by atoms with Gasteiger partial charge in [0, 0.05) is 6.54 Å². The molecule has 0 aliphatic rings. The average Bonchev–Trinajstić information content (AvgIpc) is 2.64. The first-order valence-corrected chi connectivity index (χ1v) is 7.47. The Bertz CT molecular complexity index is 770. The molecule has 0 aliphatic heterocycles. The zero-order valence-corrected chi connectivity index (χ0v) is 13.4. The quantitative estimate of drug-likeness (QED) is 0.504. The number of rotatable bonds is 6. The summed E-state index contributed by atoms with van der Waals surface area (Å²) in [6.45, 7) is 0.351. The number of hydrogen-bond acceptors (Lipinski definition) is 3. The summed E-state index contributed by atoms with van der Waals surface area (Å²) in [4.78, 5) is 12.1. The highest BCUT2D eigenvalue weighted by Gasteiger charge is 2.07. The molecule has 2 rings (SSSR count). The molecule has 2 aromatic carbocycles. The van der Waals surface area contributed by atoms with Gasteiger partial charge < -0.3 is 10.1 Å². The highest BCUT2D eigenvalue weighted by molar-refractivity contribution is 5.97. The largest absolute Gasteiger partial charge is 0.497 e. The molecule has 120 valence electrons. The van der Waals surface area contributed by atoms with Crippen LogP contribution in [-0.4, -0.2) is 13.0 Å². The lowest BCUT2D eigenvalue weighted by Gasteiger charge is -2.05. The molecule has 0 fully saturated rings. The van der Waals surface area contributed by atoms with E-state index in [2.05, 4.69) is 5.32 Å². The second kappa shape index (κ2) is 8.96. The summed E-state index contributed by atoms with van der Waals surface area (Å²) in [6.07, 6.45) is 5.05. The topological polar surface area (TPSA) is 62.1 Å². The number of ether oxygens (including phenoxy) is 1. The fourth-order valence-corrected chi connectivity index (χ4v) is 2.00. The number of allylic oxidation sites excluding steroid dienone is 2. The summed E-state index contributed by atoms with van der Waals surface area (Å²) in [7, 11) is 1.60. The molecule has 2 aromatic rings. The van der Waals surface area contributed by atoms with Crippen LogP contribution in [0, 0.1) is 11.3 Å². The third-order valence-electron chi connectivity index (χ3n) is 3.33. The Morgan fingerprint density at radius 2 is 1.88 bits per heavy atom. The lowest BCUT2D eigenvalue weighted by molar-refractivity contribution is -0.117. The molecule has 0 saturated carbocycles. The summed E-state index contributed by atoms with van der Waals surface area (Å²) in [5.74, 6) is 0.361. The van der Waals surface area contributed by atoms with E-state index in [1.807, 2.05) is 66.7 Å². The van der Waals surface area contributed by atoms with E-state index in [4.69, 9.17) is 10.00 Å². The van der Waals surface area contributed by atoms with Crippen molar-refractivity contribution in [3.63, 3.8) is 0 Å². The second-order valence-corrected chi connectivity index (χ2v) is 4.99. The van der Waals surface area contributed by atoms with Crippen molar-refractivity contribution >= 4 is 12.0 Å². The first-order chi connectivity index (χ1) is 11.7. The summed E-state index contributed by atoms with van der Waals surface area (Å²) in [5, 5.41) is 11.9. The van der Waals surface area contributed by atoms with Crippen LogP contribution >= 0.6 is 0 Å². The molecule has 24 heavy (non-hydrogen) atoms. The van der Waals surface area contributed by atoms with Crippen LogP contribution in [0.3, 0.4) is 0 Å². The molecule has 0 heterocycles. The molecule has 4 heteroatoms. The van der Waals surface area contributed by atoms with E-state index in [1.165, 1.54) is 6.08 Å². The number of carbonyl (C=O) groups is 1. The molecular weight excluding hydrogens is 300 g/mol. The SMILES string of the molecule is COc1ccc(CNC(=O)C(C#N)=CC=Cc2ccccc2)cc1. The Morgan fingerprint density at radius 3 is 2.50 bits per heavy atom. The van der Waals surface area contributed by atoms with Crippen LogP contribution in [-0.2, 0) is 11.3 Å². The molecule has 4 nitrogen and oxygen atoms in total. The minimum Gasteiger partial charge on any atom is -0.497 e. The number of methoxy groups -OCH3 is 1. The third kappa shape index (κ3) is 5.15. The predicted octanol–water partition coefficient (Wildman–Crippen LogP) is 3.47. The molecule has 1 amide bonds. The van der Waals surface area contributed by atoms with Crippen molar-refractivity contribution in [1.82, 2.24) is 5.32 Å². The van der Waals surface area contributed by atoms with Crippen molar-refractivity contribution in [1.29, 1.82) is 5.26 Å². The van der Waals surface area contributed by atoms with Gasteiger partial charge in [-0.2, -0.15) is 5.26 Å². The number of nitrogens with zero attached hydrogens (tertiary/aromatic N) is 1. The zero-order chi connectivity index (χ0) is 17.2. The monoisotopic (exact) mass is 318 g/mol. The number of benzene rings is 2. The lowest BCUT2D eigenvalue weighted by atomic mass is 10.2. The molecule has 0 aliphatic carbocycles. The normalized spacial score (nSPS) is 11.1. The van der Waals surface area contributed by atoms with Crippen molar-refractivity contribution in [2.75, 3.05) is 7.11 Å². The maximum absolute atomic E-state index is 12.1. The fraction of sp³-hybridized carbons (Fsp3) is 0.100. The highest BCUT2D eigenvalue weighted by Crippen LogP contribution is 2.11. The molecular formula is C20H18N2O2. The first kappa shape index (κ1) is 17.0. The summed E-state index contributed by atoms with van der Waals surface area (Å²) < 4.78 is 5.08. The Morgan fingerprint density at radius 1 is 1.17 bits per heavy atom. The molecule has 0 atom stereocenters. The van der Waals surface area contributed by atoms with E-state index >= 15 is 0 Å². The Labute approximate surface area is 141 Å². The van der Waals surface area contributed by atoms with Crippen LogP contribution in [0.15, 0.2) is 72.3 Å². The Kier molecular flexibility index (Phi) is 6.36. The summed E-state index contributed by atoms with van der Waals surface area (Å²) in [5.41, 5.74) is 2.00. The van der Waals surface area contributed by atoms with Gasteiger partial charge >= 0.3 is 0 Å². The van der Waals surface area contributed by atoms with Gasteiger partial charge in [0.15, 0.2) is 0 Å². The minimum absolute atomic E-state index is 0.0655. The van der Waals surface area contributed by atoms with Gasteiger partial charge in [0.2, 0.25) is 0 Å². The number of amides is 1. The first-order valence-electron chi connectivity index (χ1n) is 7.47. The predicted molar refractivity (Wildman–Crippen MR) is 94.0 cm³/mol. The van der Waals surface area contributed by atoms with E-state index in [0.29, 0.717) is 6.54 Å². The molecule has 0 aromatic heterocycles. The van der Waals surface area contributed by atoms with Gasteiger partial charge in [-0.15, -0.1) is 0 Å². The van der Waals surface area contributed by atoms with Gasteiger partial charge in [0.25, 0.3) is 5.91 Å². The number of nitrogens with one attached hydrogen (secondary N) is 1. The van der Waals surface area contributed by atoms with Crippen LogP contribution < -0.4 is 10.1 Å². The molecule has 0 unspecified atom stereocenters. The van der Waals surface area contributed by atoms with E-state index in [-0.39, 0.29) is 5.57 Å². The Balaban J connectivity index is 1.94. The minimum atomic E-state index is -0.397. The molecule has 0 bridgehead atoms. The van der Waals surface area contributed by atoms with Crippen molar-refractivity contribution in [3.8, 4) is 11.8 Å². The zero-order valence-electron chi connectivity index (χ0n) is 13.4. The van der Waals surface area contributed by atoms with Gasteiger partial charge in [-0.25, -0.2) is 0 Å². The van der Waals surface area contributed by atoms with Crippen molar-refractivity contribution in [3.05, 3.63) is 83.4 Å². The van der Waals surface area contributed by atoms with Gasteiger partial charge in [0.1, 0.15) is 17.4 Å². The van der Waals surface area contributed by atoms with Gasteiger partial charge in [-0.1, -0.05) is 54.6 Å². The van der Waals surface area contributed by atoms with Crippen molar-refractivity contribution < 1.29 is 9.53 Å². The van der Waals surface area contributed by atoms with Crippen molar-refractivity contribution in [2.24, 2.45) is 0 Å². The van der Waals surface area contributed by atoms with Crippen LogP contribution in [0.25, 0.3) is 6.08 Å². The second-order valence-electron chi connectivity index (χ2n) is 4.99. The van der Waals surface area contributed by atoms with Crippen LogP contribution in [0.1, 0.15) is 11.1 Å². The van der Waals surface area contributed by atoms with E-state index in [1.54, 1.807) is 13.2 Å². The van der Waals surface area contributed by atoms with E-state index in [0.717, 1.165) is 16.9 Å². The molecule has 0 spiro atoms. The van der Waals surface area contributed by atoms with Crippen LogP contribution in [0.5, 0.6) is 5.75 Å². The summed E-state index contributed by atoms with van der Waals surface area (Å²) >= 11 is 0. The van der Waals surface area contributed by atoms with Crippen LogP contribution in [0.4, 0.5) is 0 Å². The molecule has 0 saturated heterocycles. The van der Waals surface area contributed by atoms with Gasteiger partial charge in [-0.05, 0) is 29.3 Å². The van der Waals surface area contributed by atoms with Crippen LogP contribution in [0.2, 0.25) is 0 Å². The third-order valence-corrected chi connectivity index (χ3v) is 3.33. The number of hydrogen-bond donors (Lipinski definition) is 1. The standard InChI is InChI=1S/C20H18N2O2/c1-24-19-12-10-17(11-13-19)15-22-20(23)18(14-21)9-5-8-16-6-3-2-4-7-16/h2-13H,15H2,1H3,(H,22,23). The van der Waals surface area contributed by atoms with Crippen molar-refractivity contribution in [2.45, 2.75) is 6.54 Å². The highest BCUT2D eigenvalue weighted by atomic mass is 16.5. The maximum atomic E-state index is 12.1. The smallest absolute Gasteiger partial charge is 0.262 e. The number of nitriles is 1. The summed E-state index contributed by atoms with van der Waals surface area (Å²) in [6, 6.07) is 19.0. The fourth-order valence-electron chi connectivity index (χ4n) is 2.00. The van der Waals surface area contributed by atoms with E-state index < -0.39 is 5.91 Å². The average molecular weight is 318 g/mol. The lowest BCUT2D eigenvalue weighted by Crippen LogP contribution is -2.23. The maximum Gasteiger partial charge on any atom is 0.262 e. The molecule has 1 N–H and O–H groups in total.